The van der Waals surface area contributed by atoms with Gasteiger partial charge in [0.25, 0.3) is 0 Å². The molecule has 0 radical (unpaired) electrons. The van der Waals surface area contributed by atoms with Gasteiger partial charge in [-0.15, -0.1) is 0 Å². The second kappa shape index (κ2) is 5.85. The van der Waals surface area contributed by atoms with Crippen LogP contribution in [0.15, 0.2) is 42.5 Å². The Morgan fingerprint density at radius 3 is 2.53 bits per heavy atom. The molecule has 0 saturated carbocycles. The molecule has 1 atom stereocenters. The normalized spacial score (nSPS) is 12.2. The molecule has 0 heterocycles. The van der Waals surface area contributed by atoms with Gasteiger partial charge in [-0.2, -0.15) is 0 Å². The second-order valence-electron chi connectivity index (χ2n) is 4.79. The number of rotatable bonds is 4. The first-order valence-corrected chi connectivity index (χ1v) is 6.39. The molecule has 0 aromatic heterocycles. The highest BCUT2D eigenvalue weighted by molar-refractivity contribution is 5.46. The molecule has 0 spiro atoms. The maximum atomic E-state index is 13.2. The zero-order valence-corrected chi connectivity index (χ0v) is 11.3. The van der Waals surface area contributed by atoms with Gasteiger partial charge in [0.1, 0.15) is 5.82 Å². The molecule has 0 aliphatic rings. The van der Waals surface area contributed by atoms with E-state index in [4.69, 9.17) is 5.73 Å². The van der Waals surface area contributed by atoms with Gasteiger partial charge in [-0.1, -0.05) is 24.3 Å². The molecule has 100 valence electrons. The van der Waals surface area contributed by atoms with Crippen LogP contribution in [-0.2, 0) is 0 Å². The minimum Gasteiger partial charge on any atom is -0.377 e. The monoisotopic (exact) mass is 258 g/mol. The van der Waals surface area contributed by atoms with Crippen molar-refractivity contribution in [2.45, 2.75) is 19.9 Å². The minimum absolute atomic E-state index is 0.0129. The number of anilines is 1. The average Bonchev–Trinajstić information content (AvgIpc) is 2.39. The number of nitrogens with one attached hydrogen (secondary N) is 1. The molecule has 0 aliphatic heterocycles. The molecule has 2 aromatic carbocycles. The predicted molar refractivity (Wildman–Crippen MR) is 77.7 cm³/mol. The third kappa shape index (κ3) is 3.32. The van der Waals surface area contributed by atoms with Gasteiger partial charge in [0.2, 0.25) is 0 Å². The third-order valence-corrected chi connectivity index (χ3v) is 3.33. The minimum atomic E-state index is -0.249. The van der Waals surface area contributed by atoms with E-state index >= 15 is 0 Å². The molecule has 0 saturated heterocycles. The Morgan fingerprint density at radius 2 is 1.89 bits per heavy atom. The molecule has 0 fully saturated rings. The highest BCUT2D eigenvalue weighted by atomic mass is 19.1. The van der Waals surface area contributed by atoms with Crippen molar-refractivity contribution in [1.82, 2.24) is 0 Å². The molecule has 3 heteroatoms. The summed E-state index contributed by atoms with van der Waals surface area (Å²) in [4.78, 5) is 0. The van der Waals surface area contributed by atoms with Gasteiger partial charge in [-0.05, 0) is 48.7 Å². The molecule has 1 unspecified atom stereocenters. The zero-order valence-electron chi connectivity index (χ0n) is 11.3. The van der Waals surface area contributed by atoms with Gasteiger partial charge in [0.05, 0.1) is 6.04 Å². The summed E-state index contributed by atoms with van der Waals surface area (Å²) in [6, 6.07) is 12.7. The molecule has 0 bridgehead atoms. The third-order valence-electron chi connectivity index (χ3n) is 3.33. The summed E-state index contributed by atoms with van der Waals surface area (Å²) >= 11 is 0. The average molecular weight is 258 g/mol. The lowest BCUT2D eigenvalue weighted by Gasteiger charge is -2.19. The Labute approximate surface area is 113 Å². The largest absolute Gasteiger partial charge is 0.377 e. The van der Waals surface area contributed by atoms with E-state index in [1.54, 1.807) is 6.07 Å². The Bertz CT molecular complexity index is 566. The van der Waals surface area contributed by atoms with Gasteiger partial charge in [0, 0.05) is 12.2 Å². The number of nitrogens with two attached hydrogens (primary N) is 1. The van der Waals surface area contributed by atoms with Crippen LogP contribution in [0.25, 0.3) is 0 Å². The van der Waals surface area contributed by atoms with E-state index in [1.807, 2.05) is 6.07 Å². The molecule has 0 amide bonds. The number of hydrogen-bond donors (Lipinski definition) is 2. The smallest absolute Gasteiger partial charge is 0.125 e. The van der Waals surface area contributed by atoms with Gasteiger partial charge >= 0.3 is 0 Å². The van der Waals surface area contributed by atoms with Crippen LogP contribution < -0.4 is 11.1 Å². The molecular formula is C16H19FN2. The fraction of sp³-hybridized carbons (Fsp3) is 0.250. The maximum Gasteiger partial charge on any atom is 0.125 e. The van der Waals surface area contributed by atoms with Crippen LogP contribution in [0.4, 0.5) is 10.1 Å². The van der Waals surface area contributed by atoms with Crippen molar-refractivity contribution in [2.75, 3.05) is 11.9 Å². The SMILES string of the molecule is Cc1ccc(C(CN)Nc2cccc(F)c2)cc1C. The van der Waals surface area contributed by atoms with Crippen molar-refractivity contribution in [3.63, 3.8) is 0 Å². The first-order chi connectivity index (χ1) is 9.10. The van der Waals surface area contributed by atoms with Crippen LogP contribution in [0.5, 0.6) is 0 Å². The Morgan fingerprint density at radius 1 is 1.11 bits per heavy atom. The highest BCUT2D eigenvalue weighted by Gasteiger charge is 2.10. The molecule has 0 aliphatic carbocycles. The lowest BCUT2D eigenvalue weighted by atomic mass is 10.0. The van der Waals surface area contributed by atoms with Gasteiger partial charge in [-0.3, -0.25) is 0 Å². The van der Waals surface area contributed by atoms with E-state index in [1.165, 1.54) is 23.3 Å². The van der Waals surface area contributed by atoms with E-state index in [9.17, 15) is 4.39 Å². The number of hydrogen-bond acceptors (Lipinski definition) is 2. The quantitative estimate of drug-likeness (QED) is 0.880. The van der Waals surface area contributed by atoms with Crippen molar-refractivity contribution in [2.24, 2.45) is 5.73 Å². The fourth-order valence-electron chi connectivity index (χ4n) is 2.04. The number of aryl methyl sites for hydroxylation is 2. The second-order valence-corrected chi connectivity index (χ2v) is 4.79. The van der Waals surface area contributed by atoms with Gasteiger partial charge in [0.15, 0.2) is 0 Å². The highest BCUT2D eigenvalue weighted by Crippen LogP contribution is 2.21. The van der Waals surface area contributed by atoms with E-state index < -0.39 is 0 Å². The number of benzene rings is 2. The zero-order chi connectivity index (χ0) is 13.8. The Hall–Kier alpha value is -1.87. The van der Waals surface area contributed by atoms with Crippen LogP contribution in [0.1, 0.15) is 22.7 Å². The summed E-state index contributed by atoms with van der Waals surface area (Å²) in [5, 5.41) is 3.27. The van der Waals surface area contributed by atoms with Crippen molar-refractivity contribution in [3.8, 4) is 0 Å². The van der Waals surface area contributed by atoms with Crippen LogP contribution in [0, 0.1) is 19.7 Å². The first-order valence-electron chi connectivity index (χ1n) is 6.39. The van der Waals surface area contributed by atoms with Crippen molar-refractivity contribution in [1.29, 1.82) is 0 Å². The number of halogens is 1. The lowest BCUT2D eigenvalue weighted by Crippen LogP contribution is -2.20. The van der Waals surface area contributed by atoms with E-state index in [0.29, 0.717) is 6.54 Å². The van der Waals surface area contributed by atoms with Crippen molar-refractivity contribution < 1.29 is 4.39 Å². The molecule has 3 N–H and O–H groups in total. The summed E-state index contributed by atoms with van der Waals surface area (Å²) in [7, 11) is 0. The lowest BCUT2D eigenvalue weighted by molar-refractivity contribution is 0.627. The van der Waals surface area contributed by atoms with E-state index in [2.05, 4.69) is 37.4 Å². The van der Waals surface area contributed by atoms with Crippen LogP contribution in [0.3, 0.4) is 0 Å². The molecule has 2 rings (SSSR count). The molecule has 19 heavy (non-hydrogen) atoms. The van der Waals surface area contributed by atoms with Crippen LogP contribution in [-0.4, -0.2) is 6.54 Å². The summed E-state index contributed by atoms with van der Waals surface area (Å²) in [6.07, 6.45) is 0. The molecule has 2 nitrogen and oxygen atoms in total. The first kappa shape index (κ1) is 13.6. The molecule has 2 aromatic rings. The van der Waals surface area contributed by atoms with Crippen molar-refractivity contribution in [3.05, 3.63) is 65.0 Å². The summed E-state index contributed by atoms with van der Waals surface area (Å²) in [5.74, 6) is -0.249. The van der Waals surface area contributed by atoms with Crippen LogP contribution in [0.2, 0.25) is 0 Å². The summed E-state index contributed by atoms with van der Waals surface area (Å²) in [6.45, 7) is 4.62. The summed E-state index contributed by atoms with van der Waals surface area (Å²) < 4.78 is 13.2. The molecular weight excluding hydrogens is 239 g/mol. The van der Waals surface area contributed by atoms with E-state index in [-0.39, 0.29) is 11.9 Å². The topological polar surface area (TPSA) is 38.0 Å². The van der Waals surface area contributed by atoms with Gasteiger partial charge < -0.3 is 11.1 Å². The summed E-state index contributed by atoms with van der Waals surface area (Å²) in [5.41, 5.74) is 10.2. The van der Waals surface area contributed by atoms with Gasteiger partial charge in [-0.25, -0.2) is 4.39 Å². The predicted octanol–water partition coefficient (Wildman–Crippen LogP) is 3.55. The Balaban J connectivity index is 2.22. The fourth-order valence-corrected chi connectivity index (χ4v) is 2.04. The standard InChI is InChI=1S/C16H19FN2/c1-11-6-7-13(8-12(11)2)16(10-18)19-15-5-3-4-14(17)9-15/h3-9,16,19H,10,18H2,1-2H3. The van der Waals surface area contributed by atoms with Crippen LogP contribution >= 0.6 is 0 Å². The Kier molecular flexibility index (Phi) is 4.17. The maximum absolute atomic E-state index is 13.2. The van der Waals surface area contributed by atoms with Crippen molar-refractivity contribution >= 4 is 5.69 Å². The van der Waals surface area contributed by atoms with E-state index in [0.717, 1.165) is 11.3 Å².